The molecule has 0 bridgehead atoms. The Bertz CT molecular complexity index is 61.6. The van der Waals surface area contributed by atoms with Crippen LogP contribution in [0.1, 0.15) is 2.74 Å². The minimum Gasteiger partial charge on any atom is -0.215 e. The molecule has 0 saturated carbocycles. The van der Waals surface area contributed by atoms with Crippen LogP contribution in [0.5, 0.6) is 0 Å². The molecule has 2 heteroatoms. The van der Waals surface area contributed by atoms with Crippen molar-refractivity contribution in [2.45, 2.75) is 0 Å². The summed E-state index contributed by atoms with van der Waals surface area (Å²) in [5.74, 6) is 0. The van der Waals surface area contributed by atoms with Gasteiger partial charge in [0.15, 0.2) is 0 Å². The van der Waals surface area contributed by atoms with Gasteiger partial charge in [-0.2, -0.15) is 0 Å². The molecule has 4 heavy (non-hydrogen) atoms. The molecule has 0 rings (SSSR count). The highest BCUT2D eigenvalue weighted by atomic mass is 37.0. The maximum absolute atomic E-state index is 11.1. The van der Waals surface area contributed by atoms with E-state index in [1.165, 1.54) is 0 Å². The Morgan fingerprint density at radius 3 is 2.50 bits per heavy atom. The Morgan fingerprint density at radius 1 is 2.25 bits per heavy atom. The molecule has 0 heterocycles. The van der Waals surface area contributed by atoms with Crippen LogP contribution in [0, 0.1) is 0 Å². The van der Waals surface area contributed by atoms with Gasteiger partial charge in [-0.25, -0.2) is 4.39 Å². The lowest BCUT2D eigenvalue weighted by Crippen LogP contribution is -1.14. The fourth-order valence-electron chi connectivity index (χ4n) is 0. The molecule has 0 spiro atoms. The standard InChI is InChI=1S/C2H2ClF/c3-1-2-4/h1-2H/b2-1+/i1D,2D,3+2. The summed E-state index contributed by atoms with van der Waals surface area (Å²) in [4.78, 5) is 0. The van der Waals surface area contributed by atoms with E-state index >= 15 is 0 Å². The van der Waals surface area contributed by atoms with Gasteiger partial charge in [0.25, 0.3) is 0 Å². The zero-order valence-electron chi connectivity index (χ0n) is 3.76. The van der Waals surface area contributed by atoms with Gasteiger partial charge in [0.2, 0.25) is 0 Å². The highest BCUT2D eigenvalue weighted by molar-refractivity contribution is 6.25. The van der Waals surface area contributed by atoms with Gasteiger partial charge in [0.05, 0.1) is 9.05 Å². The number of hydrogen-bond donors (Lipinski definition) is 0. The second-order valence-corrected chi connectivity index (χ2v) is 0.378. The van der Waals surface area contributed by atoms with E-state index in [0.29, 0.717) is 0 Å². The molecule has 24 valence electrons. The summed E-state index contributed by atoms with van der Waals surface area (Å²) in [5, 5.41) is 0. The minimum atomic E-state index is -1.39. The van der Waals surface area contributed by atoms with Crippen LogP contribution in [0.15, 0.2) is 11.8 Å². The molecular weight excluding hydrogens is 80.0 g/mol. The maximum atomic E-state index is 11.1. The summed E-state index contributed by atoms with van der Waals surface area (Å²) in [6, 6.07) is 0. The molecule has 0 N–H and O–H groups in total. The third kappa shape index (κ3) is 1.96. The highest BCUT2D eigenvalue weighted by Crippen LogP contribution is 1.73. The lowest BCUT2D eigenvalue weighted by atomic mass is 11.2. The first-order valence-corrected chi connectivity index (χ1v) is 1.01. The van der Waals surface area contributed by atoms with Crippen molar-refractivity contribution in [1.29, 1.82) is 0 Å². The molecule has 0 aromatic heterocycles. The SMILES string of the molecule is [2H]/C(F)=C(/[2H])[37Cl]. The summed E-state index contributed by atoms with van der Waals surface area (Å²) in [5.41, 5.74) is -0.852. The molecule has 0 unspecified atom stereocenters. The van der Waals surface area contributed by atoms with Gasteiger partial charge < -0.3 is 0 Å². The Kier molecular flexibility index (Phi) is 1.04. The third-order valence-corrected chi connectivity index (χ3v) is 0.107. The van der Waals surface area contributed by atoms with E-state index in [9.17, 15) is 4.39 Å². The van der Waals surface area contributed by atoms with Crippen molar-refractivity contribution in [3.05, 3.63) is 11.8 Å². The topological polar surface area (TPSA) is 0 Å². The summed E-state index contributed by atoms with van der Waals surface area (Å²) in [7, 11) is 0. The van der Waals surface area contributed by atoms with Gasteiger partial charge >= 0.3 is 0 Å². The molecular formula is C2H2ClF. The second-order valence-electron chi connectivity index (χ2n) is 0.189. The van der Waals surface area contributed by atoms with Crippen LogP contribution in [0.25, 0.3) is 0 Å². The number of rotatable bonds is 0. The fraction of sp³-hybridized carbons (Fsp3) is 0. The van der Waals surface area contributed by atoms with Crippen molar-refractivity contribution in [2.75, 3.05) is 0 Å². The highest BCUT2D eigenvalue weighted by Gasteiger charge is 1.41. The van der Waals surface area contributed by atoms with E-state index in [0.717, 1.165) is 0 Å². The molecule has 0 aliphatic rings. The van der Waals surface area contributed by atoms with Crippen LogP contribution >= 0.6 is 11.6 Å². The fourth-order valence-corrected chi connectivity index (χ4v) is 0. The quantitative estimate of drug-likeness (QED) is 0.418. The average molecular weight is 84.0 g/mol. The van der Waals surface area contributed by atoms with Crippen molar-refractivity contribution < 1.29 is 7.13 Å². The van der Waals surface area contributed by atoms with Crippen LogP contribution in [0.2, 0.25) is 0 Å². The first kappa shape index (κ1) is 1.41. The summed E-state index contributed by atoms with van der Waals surface area (Å²) < 4.78 is 23.1. The molecule has 0 fully saturated rings. The molecule has 0 atom stereocenters. The first-order chi connectivity index (χ1) is 2.64. The maximum Gasteiger partial charge on any atom is 0.0979 e. The van der Waals surface area contributed by atoms with E-state index in [1.807, 2.05) is 0 Å². The van der Waals surface area contributed by atoms with Crippen LogP contribution in [-0.2, 0) is 0 Å². The molecule has 0 amide bonds. The van der Waals surface area contributed by atoms with Crippen molar-refractivity contribution in [2.24, 2.45) is 0 Å². The Balaban J connectivity index is 3.68. The molecule has 0 aliphatic heterocycles. The Labute approximate surface area is 31.7 Å². The average Bonchev–Trinajstić information content (AvgIpc) is 1.36. The summed E-state index contributed by atoms with van der Waals surface area (Å²) >= 11 is 4.60. The molecule has 0 radical (unpaired) electrons. The lowest BCUT2D eigenvalue weighted by molar-refractivity contribution is 0.723. The van der Waals surface area contributed by atoms with Crippen molar-refractivity contribution >= 4 is 11.6 Å². The van der Waals surface area contributed by atoms with Crippen molar-refractivity contribution in [3.63, 3.8) is 0 Å². The van der Waals surface area contributed by atoms with Gasteiger partial charge in [-0.05, 0) is 0 Å². The van der Waals surface area contributed by atoms with E-state index < -0.39 is 11.8 Å². The number of hydrogen-bond acceptors (Lipinski definition) is 0. The van der Waals surface area contributed by atoms with Crippen molar-refractivity contribution in [3.8, 4) is 0 Å². The van der Waals surface area contributed by atoms with E-state index in [2.05, 4.69) is 11.6 Å². The summed E-state index contributed by atoms with van der Waals surface area (Å²) in [6.07, 6.45) is -1.39. The van der Waals surface area contributed by atoms with Crippen LogP contribution in [0.3, 0.4) is 0 Å². The van der Waals surface area contributed by atoms with Crippen molar-refractivity contribution in [1.82, 2.24) is 0 Å². The molecule has 0 nitrogen and oxygen atoms in total. The van der Waals surface area contributed by atoms with Gasteiger partial charge in [-0.15, -0.1) is 0 Å². The summed E-state index contributed by atoms with van der Waals surface area (Å²) in [6.45, 7) is 0. The van der Waals surface area contributed by atoms with Gasteiger partial charge in [0.1, 0.15) is 0 Å². The van der Waals surface area contributed by atoms with Crippen LogP contribution in [0.4, 0.5) is 4.39 Å². The minimum absolute atomic E-state index is 0.852. The van der Waals surface area contributed by atoms with Gasteiger partial charge in [-0.1, -0.05) is 11.6 Å². The zero-order valence-corrected chi connectivity index (χ0v) is 2.51. The molecule has 0 aromatic rings. The second kappa shape index (κ2) is 2.96. The first-order valence-electron chi connectivity index (χ1n) is 1.63. The lowest BCUT2D eigenvalue weighted by Gasteiger charge is -1.43. The van der Waals surface area contributed by atoms with Gasteiger partial charge in [0, 0.05) is 5.51 Å². The Morgan fingerprint density at radius 2 is 2.50 bits per heavy atom. The van der Waals surface area contributed by atoms with Crippen LogP contribution in [-0.4, -0.2) is 0 Å². The predicted molar refractivity (Wildman–Crippen MR) is 16.1 cm³/mol. The molecule has 0 aliphatic carbocycles. The largest absolute Gasteiger partial charge is 0.215 e. The van der Waals surface area contributed by atoms with E-state index in [4.69, 9.17) is 2.74 Å². The number of halogens is 2. The molecule has 0 aromatic carbocycles. The molecule has 0 saturated heterocycles. The van der Waals surface area contributed by atoms with E-state index in [1.54, 1.807) is 0 Å². The van der Waals surface area contributed by atoms with Gasteiger partial charge in [-0.3, -0.25) is 0 Å². The normalized spacial score (nSPS) is 21.5. The van der Waals surface area contributed by atoms with E-state index in [-0.39, 0.29) is 0 Å². The monoisotopic (exact) mass is 84.0 g/mol. The smallest absolute Gasteiger partial charge is 0.0979 e. The Hall–Kier alpha value is -0.0400. The zero-order chi connectivity index (χ0) is 5.15. The predicted octanol–water partition coefficient (Wildman–Crippen LogP) is 1.67. The van der Waals surface area contributed by atoms with Crippen LogP contribution < -0.4 is 0 Å². The third-order valence-electron chi connectivity index (χ3n) is 0.0357.